The van der Waals surface area contributed by atoms with Gasteiger partial charge in [-0.1, -0.05) is 36.4 Å². The molecule has 9 heteroatoms. The summed E-state index contributed by atoms with van der Waals surface area (Å²) in [7, 11) is 1.63. The maximum atomic E-state index is 14.4. The molecule has 6 nitrogen and oxygen atoms in total. The van der Waals surface area contributed by atoms with Crippen LogP contribution in [-0.4, -0.2) is 36.5 Å². The number of amides is 2. The van der Waals surface area contributed by atoms with Crippen LogP contribution in [0.15, 0.2) is 70.0 Å². The molecule has 37 heavy (non-hydrogen) atoms. The topological polar surface area (TPSA) is 67.9 Å². The fourth-order valence-corrected chi connectivity index (χ4v) is 5.29. The first-order valence-corrected chi connectivity index (χ1v) is 13.5. The second kappa shape index (κ2) is 11.1. The summed E-state index contributed by atoms with van der Waals surface area (Å²) in [6.07, 6.45) is -0.673. The average molecular weight is 588 g/mol. The van der Waals surface area contributed by atoms with E-state index in [2.05, 4.69) is 21.2 Å². The van der Waals surface area contributed by atoms with Crippen LogP contribution in [0.1, 0.15) is 26.3 Å². The van der Waals surface area contributed by atoms with Crippen LogP contribution in [0, 0.1) is 5.82 Å². The molecule has 0 saturated heterocycles. The van der Waals surface area contributed by atoms with E-state index in [0.717, 1.165) is 22.4 Å². The van der Waals surface area contributed by atoms with Gasteiger partial charge in [-0.15, -0.1) is 11.8 Å². The van der Waals surface area contributed by atoms with E-state index >= 15 is 0 Å². The monoisotopic (exact) mass is 586 g/mol. The van der Waals surface area contributed by atoms with Crippen LogP contribution in [0.3, 0.4) is 0 Å². The van der Waals surface area contributed by atoms with Crippen molar-refractivity contribution in [3.8, 4) is 16.9 Å². The van der Waals surface area contributed by atoms with Crippen molar-refractivity contribution in [2.75, 3.05) is 17.8 Å². The fourth-order valence-electron chi connectivity index (χ4n) is 3.88. The van der Waals surface area contributed by atoms with Crippen LogP contribution in [0.25, 0.3) is 11.1 Å². The van der Waals surface area contributed by atoms with Crippen molar-refractivity contribution >= 4 is 45.4 Å². The van der Waals surface area contributed by atoms with E-state index in [0.29, 0.717) is 10.6 Å². The van der Waals surface area contributed by atoms with Crippen molar-refractivity contribution < 1.29 is 23.5 Å². The van der Waals surface area contributed by atoms with Gasteiger partial charge in [0.2, 0.25) is 0 Å². The van der Waals surface area contributed by atoms with Crippen LogP contribution in [0.4, 0.5) is 14.9 Å². The Morgan fingerprint density at radius 1 is 1.11 bits per heavy atom. The summed E-state index contributed by atoms with van der Waals surface area (Å²) in [6.45, 7) is 5.52. The smallest absolute Gasteiger partial charge is 0.408 e. The second-order valence-electron chi connectivity index (χ2n) is 9.59. The molecule has 4 rings (SSSR count). The van der Waals surface area contributed by atoms with Crippen LogP contribution in [0.2, 0.25) is 0 Å². The Bertz CT molecular complexity index is 1290. The lowest BCUT2D eigenvalue weighted by atomic mass is 10.0. The van der Waals surface area contributed by atoms with Crippen molar-refractivity contribution in [1.82, 2.24) is 5.32 Å². The van der Waals surface area contributed by atoms with Gasteiger partial charge in [0.25, 0.3) is 5.91 Å². The van der Waals surface area contributed by atoms with E-state index in [1.54, 1.807) is 38.8 Å². The Morgan fingerprint density at radius 2 is 1.73 bits per heavy atom. The lowest BCUT2D eigenvalue weighted by molar-refractivity contribution is -0.120. The van der Waals surface area contributed by atoms with E-state index < -0.39 is 23.6 Å². The number of hydrogen-bond acceptors (Lipinski definition) is 5. The summed E-state index contributed by atoms with van der Waals surface area (Å²) in [5.74, 6) is 0.323. The number of rotatable bonds is 5. The molecule has 0 radical (unpaired) electrons. The van der Waals surface area contributed by atoms with E-state index in [1.807, 2.05) is 48.5 Å². The molecule has 1 atom stereocenters. The number of fused-ring (bicyclic) bond motifs is 1. The number of methoxy groups -OCH3 is 1. The molecule has 0 saturated carbocycles. The van der Waals surface area contributed by atoms with Gasteiger partial charge in [0.1, 0.15) is 23.2 Å². The number of carbonyl (C=O) groups excluding carboxylic acids is 2. The molecule has 0 spiro atoms. The minimum atomic E-state index is -0.840. The Labute approximate surface area is 228 Å². The van der Waals surface area contributed by atoms with Crippen LogP contribution in [0.5, 0.6) is 5.75 Å². The van der Waals surface area contributed by atoms with E-state index in [1.165, 1.54) is 17.8 Å². The maximum Gasteiger partial charge on any atom is 0.408 e. The molecular formula is C28H28BrFN2O4S. The zero-order valence-corrected chi connectivity index (χ0v) is 23.4. The van der Waals surface area contributed by atoms with Crippen LogP contribution < -0.4 is 15.0 Å². The van der Waals surface area contributed by atoms with Gasteiger partial charge in [0.15, 0.2) is 0 Å². The predicted molar refractivity (Wildman–Crippen MR) is 148 cm³/mol. The number of halogens is 2. The molecular weight excluding hydrogens is 559 g/mol. The molecule has 1 aliphatic heterocycles. The Hall–Kier alpha value is -3.04. The number of hydrogen-bond donors (Lipinski definition) is 1. The number of nitrogens with zero attached hydrogens (tertiary/aromatic N) is 1. The van der Waals surface area contributed by atoms with Gasteiger partial charge in [0.05, 0.1) is 23.8 Å². The summed E-state index contributed by atoms with van der Waals surface area (Å²) in [4.78, 5) is 28.3. The van der Waals surface area contributed by atoms with E-state index in [-0.39, 0.29) is 22.7 Å². The van der Waals surface area contributed by atoms with Crippen molar-refractivity contribution in [3.05, 3.63) is 76.5 Å². The quantitative estimate of drug-likeness (QED) is 0.356. The first-order chi connectivity index (χ1) is 17.5. The highest BCUT2D eigenvalue weighted by atomic mass is 79.9. The Morgan fingerprint density at radius 3 is 2.32 bits per heavy atom. The minimum absolute atomic E-state index is 0.249. The molecule has 0 unspecified atom stereocenters. The number of nitrogens with one attached hydrogen (secondary N) is 1. The summed E-state index contributed by atoms with van der Waals surface area (Å²) in [5, 5.41) is 2.70. The van der Waals surface area contributed by atoms with Gasteiger partial charge < -0.3 is 19.7 Å². The number of thioether (sulfide) groups is 1. The standard InChI is InChI=1S/C28H28BrFN2O4S/c1-28(2,3)36-27(34)31-23-16-37-25-14-22(30)21(29)13-24(25)32(26(23)33)15-17-5-7-18(8-6-17)19-9-11-20(35-4)12-10-19/h5-14,23H,15-16H2,1-4H3,(H,31,34)/t23-/m0/s1. The van der Waals surface area contributed by atoms with Gasteiger partial charge in [0, 0.05) is 10.6 Å². The highest BCUT2D eigenvalue weighted by Gasteiger charge is 2.34. The maximum absolute atomic E-state index is 14.4. The summed E-state index contributed by atoms with van der Waals surface area (Å²) < 4.78 is 25.2. The van der Waals surface area contributed by atoms with Crippen molar-refractivity contribution in [2.45, 2.75) is 43.9 Å². The summed E-state index contributed by atoms with van der Waals surface area (Å²) in [5.41, 5.74) is 2.84. The third-order valence-electron chi connectivity index (χ3n) is 5.67. The van der Waals surface area contributed by atoms with Crippen LogP contribution >= 0.6 is 27.7 Å². The molecule has 1 N–H and O–H groups in total. The summed E-state index contributed by atoms with van der Waals surface area (Å²) in [6, 6.07) is 17.9. The molecule has 0 fully saturated rings. The SMILES string of the molecule is COc1ccc(-c2ccc(CN3C(=O)[C@@H](NC(=O)OC(C)(C)C)CSc4cc(F)c(Br)cc43)cc2)cc1. The van der Waals surface area contributed by atoms with Crippen molar-refractivity contribution in [1.29, 1.82) is 0 Å². The summed E-state index contributed by atoms with van der Waals surface area (Å²) >= 11 is 4.56. The van der Waals surface area contributed by atoms with Crippen molar-refractivity contribution in [2.24, 2.45) is 0 Å². The molecule has 3 aromatic rings. The number of benzene rings is 3. The second-order valence-corrected chi connectivity index (χ2v) is 11.5. The van der Waals surface area contributed by atoms with E-state index in [4.69, 9.17) is 9.47 Å². The molecule has 3 aromatic carbocycles. The lowest BCUT2D eigenvalue weighted by Gasteiger charge is -2.27. The molecule has 194 valence electrons. The van der Waals surface area contributed by atoms with Gasteiger partial charge in [-0.3, -0.25) is 4.79 Å². The highest BCUT2D eigenvalue weighted by molar-refractivity contribution is 9.10. The minimum Gasteiger partial charge on any atom is -0.497 e. The van der Waals surface area contributed by atoms with Gasteiger partial charge in [-0.2, -0.15) is 0 Å². The number of carbonyl (C=O) groups is 2. The fraction of sp³-hybridized carbons (Fsp3) is 0.286. The molecule has 2 amide bonds. The predicted octanol–water partition coefficient (Wildman–Crippen LogP) is 6.80. The third-order valence-corrected chi connectivity index (χ3v) is 7.42. The lowest BCUT2D eigenvalue weighted by Crippen LogP contribution is -2.50. The number of ether oxygens (including phenoxy) is 2. The highest BCUT2D eigenvalue weighted by Crippen LogP contribution is 2.38. The number of alkyl carbamates (subject to hydrolysis) is 1. The third kappa shape index (κ3) is 6.64. The average Bonchev–Trinajstić information content (AvgIpc) is 2.96. The normalized spacial score (nSPS) is 15.6. The van der Waals surface area contributed by atoms with Gasteiger partial charge in [-0.05, 0) is 77.7 Å². The molecule has 1 heterocycles. The van der Waals surface area contributed by atoms with E-state index in [9.17, 15) is 14.0 Å². The zero-order valence-electron chi connectivity index (χ0n) is 21.0. The largest absolute Gasteiger partial charge is 0.497 e. The molecule has 0 bridgehead atoms. The molecule has 0 aromatic heterocycles. The van der Waals surface area contributed by atoms with Crippen molar-refractivity contribution in [3.63, 3.8) is 0 Å². The Kier molecular flexibility index (Phi) is 8.14. The molecule has 0 aliphatic carbocycles. The molecule has 1 aliphatic rings. The zero-order chi connectivity index (χ0) is 26.7. The van der Waals surface area contributed by atoms with Gasteiger partial charge >= 0.3 is 6.09 Å². The van der Waals surface area contributed by atoms with Gasteiger partial charge in [-0.25, -0.2) is 9.18 Å². The first-order valence-electron chi connectivity index (χ1n) is 11.7. The first kappa shape index (κ1) is 27.0. The van der Waals surface area contributed by atoms with Crippen LogP contribution in [-0.2, 0) is 16.1 Å². The number of anilines is 1. The Balaban J connectivity index is 1.61.